The van der Waals surface area contributed by atoms with Gasteiger partial charge in [-0.15, -0.1) is 0 Å². The van der Waals surface area contributed by atoms with Gasteiger partial charge in [-0.3, -0.25) is 4.79 Å². The summed E-state index contributed by atoms with van der Waals surface area (Å²) in [5.74, 6) is -0.0570. The van der Waals surface area contributed by atoms with Gasteiger partial charge < -0.3 is 10.2 Å². The fourth-order valence-electron chi connectivity index (χ4n) is 0.718. The zero-order valence-electron chi connectivity index (χ0n) is 8.00. The van der Waals surface area contributed by atoms with Crippen molar-refractivity contribution in [2.24, 2.45) is 5.41 Å². The molecule has 0 spiro atoms. The predicted octanol–water partition coefficient (Wildman–Crippen LogP) is 0.345. The van der Waals surface area contributed by atoms with Crippen LogP contribution >= 0.6 is 0 Å². The smallest absolute Gasteiger partial charge is 0.137 e. The van der Waals surface area contributed by atoms with Crippen molar-refractivity contribution in [1.82, 2.24) is 0 Å². The van der Waals surface area contributed by atoms with E-state index in [0.29, 0.717) is 0 Å². The van der Waals surface area contributed by atoms with Crippen LogP contribution in [0.1, 0.15) is 27.2 Å². The second-order valence-corrected chi connectivity index (χ2v) is 3.31. The molecule has 0 fully saturated rings. The van der Waals surface area contributed by atoms with Crippen molar-refractivity contribution in [2.75, 3.05) is 6.61 Å². The molecule has 0 aliphatic rings. The molecule has 0 bridgehead atoms. The van der Waals surface area contributed by atoms with E-state index >= 15 is 0 Å². The maximum absolute atomic E-state index is 10.9. The van der Waals surface area contributed by atoms with Crippen molar-refractivity contribution in [1.29, 1.82) is 0 Å². The van der Waals surface area contributed by atoms with Gasteiger partial charge in [0, 0.05) is 12.0 Å². The molecule has 4 heteroatoms. The predicted molar refractivity (Wildman–Crippen MR) is 42.2 cm³/mol. The van der Waals surface area contributed by atoms with Gasteiger partial charge >= 0.3 is 0 Å². The molecule has 12 heavy (non-hydrogen) atoms. The van der Waals surface area contributed by atoms with Crippen LogP contribution in [0.4, 0.5) is 0 Å². The summed E-state index contributed by atoms with van der Waals surface area (Å²) in [6.45, 7) is 4.71. The van der Waals surface area contributed by atoms with Gasteiger partial charge in [-0.2, -0.15) is 0 Å². The molecule has 0 aromatic rings. The number of hydrogen-bond donors (Lipinski definition) is 2. The van der Waals surface area contributed by atoms with E-state index in [-0.39, 0.29) is 18.8 Å². The maximum atomic E-state index is 10.9. The van der Waals surface area contributed by atoms with Crippen LogP contribution in [0.2, 0.25) is 0 Å². The van der Waals surface area contributed by atoms with Gasteiger partial charge in [-0.05, 0) is 13.3 Å². The van der Waals surface area contributed by atoms with Crippen molar-refractivity contribution < 1.29 is 15.0 Å². The molecule has 0 heterocycles. The second-order valence-electron chi connectivity index (χ2n) is 3.31. The molecule has 0 aromatic carbocycles. The number of carbonyl (C=O) groups excluding carboxylic acids is 1. The molecule has 0 aromatic heterocycles. The Hall–Kier alpha value is -1.41. The van der Waals surface area contributed by atoms with Crippen molar-refractivity contribution in [3.63, 3.8) is 0 Å². The standard InChI is InChI=1S/C8H16O3.Sg/c1-6(10)8(2,3)7(11)4-5-9;/h7,9,11H,4-5H2,1-3H3;/t7-;/m0./s1. The van der Waals surface area contributed by atoms with E-state index in [1.54, 1.807) is 13.8 Å². The van der Waals surface area contributed by atoms with Crippen LogP contribution in [0.5, 0.6) is 0 Å². The van der Waals surface area contributed by atoms with Gasteiger partial charge in [-0.1, -0.05) is 13.8 Å². The van der Waals surface area contributed by atoms with Gasteiger partial charge in [0.1, 0.15) is 5.78 Å². The van der Waals surface area contributed by atoms with E-state index in [4.69, 9.17) is 5.11 Å². The fraction of sp³-hybridized carbons (Fsp3) is 0.875. The molecule has 1 atom stereocenters. The molecule has 2 N–H and O–H groups in total. The number of ketones is 1. The third-order valence-corrected chi connectivity index (χ3v) is 2.14. The Morgan fingerprint density at radius 3 is 2.17 bits per heavy atom. The van der Waals surface area contributed by atoms with Gasteiger partial charge in [0.15, 0.2) is 0 Å². The third-order valence-electron chi connectivity index (χ3n) is 2.14. The summed E-state index contributed by atoms with van der Waals surface area (Å²) in [6.07, 6.45) is -0.489. The van der Waals surface area contributed by atoms with E-state index < -0.39 is 11.5 Å². The molecular weight excluding hydrogens is 413 g/mol. The minimum Gasteiger partial charge on any atom is -0.396 e. The molecule has 3 nitrogen and oxygen atoms in total. The Bertz CT molecular complexity index is 145. The molecule has 0 aliphatic heterocycles. The largest absolute Gasteiger partial charge is 0.396 e. The Morgan fingerprint density at radius 2 is 1.92 bits per heavy atom. The summed E-state index contributed by atoms with van der Waals surface area (Å²) in [6, 6.07) is 0. The Kier molecular flexibility index (Phi) is 4.91. The molecule has 0 amide bonds. The first kappa shape index (κ1) is 13.2. The number of carbonyl (C=O) groups is 1. The molecule has 0 aliphatic carbocycles. The molecular formula is C8H16O3Sg. The summed E-state index contributed by atoms with van der Waals surface area (Å²) in [5, 5.41) is 17.9. The third kappa shape index (κ3) is 2.68. The van der Waals surface area contributed by atoms with Crippen LogP contribution in [0.15, 0.2) is 0 Å². The first-order valence-corrected chi connectivity index (χ1v) is 3.73. The van der Waals surface area contributed by atoms with Gasteiger partial charge in [0.2, 0.25) is 0 Å². The van der Waals surface area contributed by atoms with E-state index in [0.717, 1.165) is 0 Å². The van der Waals surface area contributed by atoms with Gasteiger partial charge in [-0.25, -0.2) is 0 Å². The van der Waals surface area contributed by atoms with Crippen LogP contribution in [0.3, 0.4) is 0 Å². The molecule has 68 valence electrons. The molecule has 0 unspecified atom stereocenters. The molecule has 0 saturated carbocycles. The van der Waals surface area contributed by atoms with E-state index in [9.17, 15) is 9.90 Å². The normalized spacial score (nSPS) is 13.4. The van der Waals surface area contributed by atoms with Crippen molar-refractivity contribution in [3.8, 4) is 0 Å². The summed E-state index contributed by atoms with van der Waals surface area (Å²) >= 11 is 0. The number of aliphatic hydroxyl groups excluding tert-OH is 2. The van der Waals surface area contributed by atoms with Crippen LogP contribution in [0, 0.1) is 5.41 Å². The maximum Gasteiger partial charge on any atom is 0.137 e. The number of Topliss-reactive ketones (excluding diaryl/α,β-unsaturated/α-hetero) is 1. The summed E-state index contributed by atoms with van der Waals surface area (Å²) in [5.41, 5.74) is -0.733. The second kappa shape index (κ2) is 4.46. The monoisotopic (exact) mass is 431 g/mol. The minimum atomic E-state index is -0.745. The Morgan fingerprint density at radius 1 is 1.50 bits per heavy atom. The van der Waals surface area contributed by atoms with Crippen molar-refractivity contribution >= 4 is 5.78 Å². The topological polar surface area (TPSA) is 57.5 Å². The van der Waals surface area contributed by atoms with Gasteiger partial charge in [0.05, 0.1) is 6.10 Å². The summed E-state index contributed by atoms with van der Waals surface area (Å²) < 4.78 is 0. The van der Waals surface area contributed by atoms with Gasteiger partial charge in [0.25, 0.3) is 0 Å². The van der Waals surface area contributed by atoms with E-state index in [2.05, 4.69) is 0 Å². The Labute approximate surface area is 67.0 Å². The van der Waals surface area contributed by atoms with Crippen LogP contribution in [-0.2, 0) is 4.79 Å². The number of aliphatic hydroxyl groups is 2. The molecule has 0 rings (SSSR count). The summed E-state index contributed by atoms with van der Waals surface area (Å²) in [4.78, 5) is 10.9. The average Bonchev–Trinajstić information content (AvgIpc) is 1.88. The van der Waals surface area contributed by atoms with Crippen LogP contribution < -0.4 is 0 Å². The number of hydrogen-bond acceptors (Lipinski definition) is 3. The first-order chi connectivity index (χ1) is 4.92. The average molecular weight is 429 g/mol. The van der Waals surface area contributed by atoms with Crippen molar-refractivity contribution in [3.05, 3.63) is 0 Å². The quantitative estimate of drug-likeness (QED) is 0.679. The zero-order valence-corrected chi connectivity index (χ0v) is 14.5. The SMILES string of the molecule is CC(=O)C(C)(C)[C@@H](O)CCO.[Sg]. The minimum absolute atomic E-state index is 0. The molecule has 0 saturated heterocycles. The Balaban J connectivity index is 0. The molecule has 0 radical (unpaired) electrons. The first-order valence-electron chi connectivity index (χ1n) is 3.73. The van der Waals surface area contributed by atoms with Crippen LogP contribution in [0.25, 0.3) is 0 Å². The van der Waals surface area contributed by atoms with Crippen LogP contribution in [-0.4, -0.2) is 28.7 Å². The van der Waals surface area contributed by atoms with Crippen molar-refractivity contribution in [2.45, 2.75) is 33.3 Å². The van der Waals surface area contributed by atoms with E-state index in [1.807, 2.05) is 0 Å². The summed E-state index contributed by atoms with van der Waals surface area (Å²) in [7, 11) is 0. The van der Waals surface area contributed by atoms with E-state index in [1.165, 1.54) is 6.92 Å². The fourth-order valence-corrected chi connectivity index (χ4v) is 0.718. The number of rotatable bonds is 4. The zero-order chi connectivity index (χ0) is 9.07.